The molecule has 0 aliphatic heterocycles. The molecule has 0 radical (unpaired) electrons. The van der Waals surface area contributed by atoms with Gasteiger partial charge in [0.25, 0.3) is 0 Å². The van der Waals surface area contributed by atoms with E-state index in [4.69, 9.17) is 0 Å². The van der Waals surface area contributed by atoms with E-state index in [1.807, 2.05) is 0 Å². The Balaban J connectivity index is 0.0000116. The number of halogens is 2. The largest absolute Gasteiger partial charge is 0.340 e. The van der Waals surface area contributed by atoms with Crippen LogP contribution < -0.4 is 0 Å². The number of benzene rings is 1. The Hall–Kier alpha value is -0.866. The number of ketones is 2. The van der Waals surface area contributed by atoms with Gasteiger partial charge in [-0.05, 0) is 24.7 Å². The third kappa shape index (κ3) is 9.84. The summed E-state index contributed by atoms with van der Waals surface area (Å²) in [6.07, 6.45) is 9.64. The standard InChI is InChI=1S/C30H47F2O2.Ti/c1-7-9-11-13-18-25(21-31)29(3,4)27(33)23-16-15-17-24(20-23)28(34)30(5,6)26(22-32)19-14-12-10-8-2;/h15-17,25-26H,7-14,18-19,21-22H2,1-6H3;/q-1;. The van der Waals surface area contributed by atoms with E-state index in [2.05, 4.69) is 19.9 Å². The van der Waals surface area contributed by atoms with Gasteiger partial charge in [0.15, 0.2) is 0 Å². The summed E-state index contributed by atoms with van der Waals surface area (Å²) < 4.78 is 27.9. The normalized spacial score (nSPS) is 13.7. The summed E-state index contributed by atoms with van der Waals surface area (Å²) in [6, 6.07) is 8.00. The fourth-order valence-corrected chi connectivity index (χ4v) is 4.70. The second-order valence-electron chi connectivity index (χ2n) is 11.0. The van der Waals surface area contributed by atoms with E-state index in [0.717, 1.165) is 51.4 Å². The van der Waals surface area contributed by atoms with Crippen molar-refractivity contribution in [2.24, 2.45) is 22.7 Å². The first-order chi connectivity index (χ1) is 16.1. The minimum absolute atomic E-state index is 0. The zero-order valence-corrected chi connectivity index (χ0v) is 24.5. The second kappa shape index (κ2) is 16.8. The molecule has 0 bridgehead atoms. The van der Waals surface area contributed by atoms with Gasteiger partial charge in [0.2, 0.25) is 0 Å². The molecule has 0 fully saturated rings. The molecule has 0 N–H and O–H groups in total. The Morgan fingerprint density at radius 3 is 1.43 bits per heavy atom. The van der Waals surface area contributed by atoms with Gasteiger partial charge in [-0.15, -0.1) is 24.3 Å². The van der Waals surface area contributed by atoms with Crippen LogP contribution in [0.5, 0.6) is 0 Å². The Bertz CT molecular complexity index is 701. The predicted octanol–water partition coefficient (Wildman–Crippen LogP) is 9.01. The van der Waals surface area contributed by atoms with Gasteiger partial charge in [-0.2, -0.15) is 0 Å². The molecule has 1 aromatic rings. The van der Waals surface area contributed by atoms with Crippen molar-refractivity contribution in [3.8, 4) is 0 Å². The summed E-state index contributed by atoms with van der Waals surface area (Å²) in [6.45, 7) is 10.3. The van der Waals surface area contributed by atoms with Gasteiger partial charge in [-0.1, -0.05) is 104 Å². The fraction of sp³-hybridized carbons (Fsp3) is 0.733. The molecule has 1 aromatic carbocycles. The van der Waals surface area contributed by atoms with Crippen LogP contribution in [-0.4, -0.2) is 24.9 Å². The molecule has 0 aliphatic rings. The van der Waals surface area contributed by atoms with Crippen molar-refractivity contribution in [3.63, 3.8) is 0 Å². The summed E-state index contributed by atoms with van der Waals surface area (Å²) in [5.41, 5.74) is -1.18. The average Bonchev–Trinajstić information content (AvgIpc) is 2.82. The summed E-state index contributed by atoms with van der Waals surface area (Å²) in [4.78, 5) is 26.8. The zero-order valence-electron chi connectivity index (χ0n) is 22.9. The zero-order chi connectivity index (χ0) is 25.8. The van der Waals surface area contributed by atoms with Crippen LogP contribution in [0.2, 0.25) is 0 Å². The predicted molar refractivity (Wildman–Crippen MR) is 138 cm³/mol. The number of Topliss-reactive ketones (excluding diaryl/α,β-unsaturated/α-hetero) is 2. The Labute approximate surface area is 228 Å². The molecule has 0 saturated carbocycles. The first-order valence-corrected chi connectivity index (χ1v) is 13.3. The SMILES string of the molecule is CCCCCCC(CF)C(C)(C)C(=O)c1[c-]c(C(=O)C(C)(C)C(CF)CCCCCC)ccc1.[Ti]. The maximum absolute atomic E-state index is 13.9. The molecule has 2 unspecified atom stereocenters. The van der Waals surface area contributed by atoms with Gasteiger partial charge in [0.05, 0.1) is 13.3 Å². The molecule has 5 heteroatoms. The van der Waals surface area contributed by atoms with Crippen LogP contribution in [0.4, 0.5) is 8.78 Å². The molecule has 0 saturated heterocycles. The molecule has 198 valence electrons. The number of rotatable bonds is 18. The first-order valence-electron chi connectivity index (χ1n) is 13.3. The van der Waals surface area contributed by atoms with Crippen molar-refractivity contribution in [1.29, 1.82) is 0 Å². The van der Waals surface area contributed by atoms with Gasteiger partial charge in [-0.3, -0.25) is 8.78 Å². The Morgan fingerprint density at radius 2 is 1.11 bits per heavy atom. The van der Waals surface area contributed by atoms with Crippen molar-refractivity contribution in [2.75, 3.05) is 13.3 Å². The average molecular weight is 526 g/mol. The van der Waals surface area contributed by atoms with Gasteiger partial charge in [0, 0.05) is 32.5 Å². The van der Waals surface area contributed by atoms with Crippen LogP contribution in [-0.2, 0) is 21.7 Å². The topological polar surface area (TPSA) is 34.1 Å². The van der Waals surface area contributed by atoms with E-state index in [-0.39, 0.29) is 45.1 Å². The van der Waals surface area contributed by atoms with Crippen LogP contribution >= 0.6 is 0 Å². The monoisotopic (exact) mass is 525 g/mol. The molecule has 0 heterocycles. The number of unbranched alkanes of at least 4 members (excludes halogenated alkanes) is 6. The summed E-state index contributed by atoms with van der Waals surface area (Å²) in [5, 5.41) is 0. The minimum atomic E-state index is -0.893. The van der Waals surface area contributed by atoms with Crippen molar-refractivity contribution in [3.05, 3.63) is 35.4 Å². The van der Waals surface area contributed by atoms with Gasteiger partial charge in [0.1, 0.15) is 11.6 Å². The fourth-order valence-electron chi connectivity index (χ4n) is 4.70. The van der Waals surface area contributed by atoms with Gasteiger partial charge in [-0.25, -0.2) is 0 Å². The van der Waals surface area contributed by atoms with Crippen molar-refractivity contribution >= 4 is 11.6 Å². The second-order valence-corrected chi connectivity index (χ2v) is 11.0. The number of carbonyl (C=O) groups excluding carboxylic acids is 2. The summed E-state index contributed by atoms with van der Waals surface area (Å²) in [5.74, 6) is -1.14. The third-order valence-corrected chi connectivity index (χ3v) is 7.68. The molecule has 0 aliphatic carbocycles. The molecule has 0 amide bonds. The van der Waals surface area contributed by atoms with Crippen LogP contribution in [0.3, 0.4) is 0 Å². The molecule has 0 spiro atoms. The number of hydrogen-bond acceptors (Lipinski definition) is 2. The number of hydrogen-bond donors (Lipinski definition) is 0. The van der Waals surface area contributed by atoms with E-state index < -0.39 is 24.2 Å². The molecule has 2 atom stereocenters. The third-order valence-electron chi connectivity index (χ3n) is 7.68. The van der Waals surface area contributed by atoms with E-state index in [1.54, 1.807) is 45.9 Å². The van der Waals surface area contributed by atoms with Crippen molar-refractivity contribution < 1.29 is 40.1 Å². The quantitative estimate of drug-likeness (QED) is 0.0829. The molecular formula is C30H47F2O2Ti-. The minimum Gasteiger partial charge on any atom is -0.340 e. The van der Waals surface area contributed by atoms with Crippen LogP contribution in [0.15, 0.2) is 18.2 Å². The maximum Gasteiger partial charge on any atom is 0.102 e. The molecule has 2 nitrogen and oxygen atoms in total. The molecule has 0 aromatic heterocycles. The van der Waals surface area contributed by atoms with E-state index in [9.17, 15) is 18.4 Å². The molecule has 1 rings (SSSR count). The van der Waals surface area contributed by atoms with E-state index in [0.29, 0.717) is 24.0 Å². The van der Waals surface area contributed by atoms with E-state index in [1.165, 1.54) is 0 Å². The molecule has 35 heavy (non-hydrogen) atoms. The van der Waals surface area contributed by atoms with Crippen LogP contribution in [0, 0.1) is 28.7 Å². The van der Waals surface area contributed by atoms with Gasteiger partial charge < -0.3 is 9.59 Å². The van der Waals surface area contributed by atoms with Gasteiger partial charge >= 0.3 is 0 Å². The smallest absolute Gasteiger partial charge is 0.102 e. The number of carbonyl (C=O) groups is 2. The molecular weight excluding hydrogens is 478 g/mol. The van der Waals surface area contributed by atoms with E-state index >= 15 is 0 Å². The summed E-state index contributed by atoms with van der Waals surface area (Å²) >= 11 is 0. The number of alkyl halides is 2. The first kappa shape index (κ1) is 34.1. The van der Waals surface area contributed by atoms with Crippen LogP contribution in [0.25, 0.3) is 0 Å². The van der Waals surface area contributed by atoms with Crippen molar-refractivity contribution in [2.45, 2.75) is 106 Å². The van der Waals surface area contributed by atoms with Crippen molar-refractivity contribution in [1.82, 2.24) is 0 Å². The Kier molecular flexibility index (Phi) is 16.4. The Morgan fingerprint density at radius 1 is 0.743 bits per heavy atom. The summed E-state index contributed by atoms with van der Waals surface area (Å²) in [7, 11) is 0. The van der Waals surface area contributed by atoms with Crippen LogP contribution in [0.1, 0.15) is 126 Å². The maximum atomic E-state index is 13.9.